The molecule has 0 spiro atoms. The number of benzene rings is 1. The van der Waals surface area contributed by atoms with E-state index in [9.17, 15) is 19.6 Å². The predicted molar refractivity (Wildman–Crippen MR) is 90.8 cm³/mol. The average molecular weight is 389 g/mol. The smallest absolute Gasteiger partial charge is 0.325 e. The van der Waals surface area contributed by atoms with Gasteiger partial charge < -0.3 is 5.32 Å². The fraction of sp³-hybridized carbons (Fsp3) is 0.250. The van der Waals surface area contributed by atoms with Crippen LogP contribution in [-0.4, -0.2) is 15.0 Å². The van der Waals surface area contributed by atoms with Crippen LogP contribution >= 0.6 is 15.9 Å². The van der Waals surface area contributed by atoms with Crippen LogP contribution in [0.1, 0.15) is 17.7 Å². The quantitative estimate of drug-likeness (QED) is 0.854. The normalized spacial score (nSPS) is 12.5. The van der Waals surface area contributed by atoms with Crippen molar-refractivity contribution < 1.29 is 4.79 Å². The molecule has 8 heteroatoms. The van der Waals surface area contributed by atoms with Crippen molar-refractivity contribution in [2.24, 2.45) is 0 Å². The molecule has 0 saturated carbocycles. The second-order valence-corrected chi connectivity index (χ2v) is 6.33. The zero-order chi connectivity index (χ0) is 17.3. The van der Waals surface area contributed by atoms with E-state index in [0.717, 1.165) is 9.04 Å². The first-order chi connectivity index (χ1) is 11.5. The Morgan fingerprint density at radius 3 is 2.67 bits per heavy atom. The Kier molecular flexibility index (Phi) is 4.36. The van der Waals surface area contributed by atoms with E-state index in [1.165, 1.54) is 4.57 Å². The summed E-state index contributed by atoms with van der Waals surface area (Å²) in [5, 5.41) is 11.8. The van der Waals surface area contributed by atoms with Crippen LogP contribution in [0.2, 0.25) is 0 Å². The van der Waals surface area contributed by atoms with Crippen LogP contribution in [0.25, 0.3) is 0 Å². The van der Waals surface area contributed by atoms with Gasteiger partial charge in [0.05, 0.1) is 0 Å². The summed E-state index contributed by atoms with van der Waals surface area (Å²) in [7, 11) is 0. The van der Waals surface area contributed by atoms with Crippen molar-refractivity contribution >= 4 is 27.5 Å². The second kappa shape index (κ2) is 6.45. The molecule has 0 radical (unpaired) electrons. The second-order valence-electron chi connectivity index (χ2n) is 5.42. The third-order valence-electron chi connectivity index (χ3n) is 3.87. The van der Waals surface area contributed by atoms with Gasteiger partial charge in [-0.25, -0.2) is 9.36 Å². The van der Waals surface area contributed by atoms with E-state index < -0.39 is 23.7 Å². The van der Waals surface area contributed by atoms with Gasteiger partial charge in [-0.2, -0.15) is 5.26 Å². The molecule has 0 unspecified atom stereocenters. The highest BCUT2D eigenvalue weighted by Crippen LogP contribution is 2.15. The number of nitrogens with zero attached hydrogens (tertiary/aromatic N) is 3. The van der Waals surface area contributed by atoms with Crippen molar-refractivity contribution in [2.75, 3.05) is 5.32 Å². The first kappa shape index (κ1) is 16.2. The maximum atomic E-state index is 12.4. The summed E-state index contributed by atoms with van der Waals surface area (Å²) in [6, 6.07) is 8.78. The highest BCUT2D eigenvalue weighted by molar-refractivity contribution is 9.10. The summed E-state index contributed by atoms with van der Waals surface area (Å²) >= 11 is 3.30. The monoisotopic (exact) mass is 388 g/mol. The summed E-state index contributed by atoms with van der Waals surface area (Å²) < 4.78 is 3.10. The molecule has 0 bridgehead atoms. The lowest BCUT2D eigenvalue weighted by Gasteiger charge is -2.11. The van der Waals surface area contributed by atoms with E-state index >= 15 is 0 Å². The summed E-state index contributed by atoms with van der Waals surface area (Å²) in [5.41, 5.74) is -0.280. The van der Waals surface area contributed by atoms with E-state index in [0.29, 0.717) is 30.8 Å². The molecule has 1 aliphatic heterocycles. The molecule has 24 heavy (non-hydrogen) atoms. The Morgan fingerprint density at radius 2 is 2.00 bits per heavy atom. The van der Waals surface area contributed by atoms with Gasteiger partial charge in [0.2, 0.25) is 5.91 Å². The molecular weight excluding hydrogens is 376 g/mol. The fourth-order valence-corrected chi connectivity index (χ4v) is 3.03. The van der Waals surface area contributed by atoms with E-state index in [2.05, 4.69) is 21.2 Å². The minimum Gasteiger partial charge on any atom is -0.325 e. The standard InChI is InChI=1S/C16H13BrN4O3/c17-10-3-5-11(6-4-10)19-14(22)9-21-15(23)12(8-18)13-2-1-7-20(13)16(21)24/h3-6H,1-2,7,9H2,(H,19,22). The Balaban J connectivity index is 1.92. The Morgan fingerprint density at radius 1 is 1.29 bits per heavy atom. The highest BCUT2D eigenvalue weighted by Gasteiger charge is 2.23. The minimum atomic E-state index is -0.707. The third-order valence-corrected chi connectivity index (χ3v) is 4.40. The van der Waals surface area contributed by atoms with Gasteiger partial charge in [-0.15, -0.1) is 0 Å². The number of carbonyl (C=O) groups excluding carboxylic acids is 1. The number of rotatable bonds is 3. The van der Waals surface area contributed by atoms with E-state index in [4.69, 9.17) is 0 Å². The maximum Gasteiger partial charge on any atom is 0.331 e. The van der Waals surface area contributed by atoms with Crippen LogP contribution in [0, 0.1) is 11.3 Å². The van der Waals surface area contributed by atoms with Crippen LogP contribution in [0.15, 0.2) is 38.3 Å². The number of nitriles is 1. The number of fused-ring (bicyclic) bond motifs is 1. The van der Waals surface area contributed by atoms with Gasteiger partial charge in [0.1, 0.15) is 18.2 Å². The molecule has 1 amide bonds. The first-order valence-corrected chi connectivity index (χ1v) is 8.12. The Hall–Kier alpha value is -2.66. The van der Waals surface area contributed by atoms with Gasteiger partial charge in [0, 0.05) is 22.4 Å². The fourth-order valence-electron chi connectivity index (χ4n) is 2.77. The number of anilines is 1. The number of hydrogen-bond donors (Lipinski definition) is 1. The molecule has 3 rings (SSSR count). The van der Waals surface area contributed by atoms with Crippen molar-refractivity contribution in [2.45, 2.75) is 25.9 Å². The predicted octanol–water partition coefficient (Wildman–Crippen LogP) is 1.23. The number of hydrogen-bond acceptors (Lipinski definition) is 4. The number of nitrogens with one attached hydrogen (secondary N) is 1. The van der Waals surface area contributed by atoms with Gasteiger partial charge in [0.25, 0.3) is 5.56 Å². The van der Waals surface area contributed by atoms with Crippen molar-refractivity contribution in [3.05, 3.63) is 60.8 Å². The van der Waals surface area contributed by atoms with Crippen molar-refractivity contribution in [3.63, 3.8) is 0 Å². The van der Waals surface area contributed by atoms with Gasteiger partial charge in [0.15, 0.2) is 0 Å². The molecule has 0 atom stereocenters. The van der Waals surface area contributed by atoms with Crippen molar-refractivity contribution in [1.82, 2.24) is 9.13 Å². The van der Waals surface area contributed by atoms with Gasteiger partial charge in [-0.1, -0.05) is 15.9 Å². The summed E-state index contributed by atoms with van der Waals surface area (Å²) in [4.78, 5) is 36.9. The largest absolute Gasteiger partial charge is 0.331 e. The van der Waals surface area contributed by atoms with Gasteiger partial charge in [-0.05, 0) is 37.1 Å². The third kappa shape index (κ3) is 2.90. The lowest BCUT2D eigenvalue weighted by Crippen LogP contribution is -2.44. The van der Waals surface area contributed by atoms with Crippen molar-refractivity contribution in [3.8, 4) is 6.07 Å². The van der Waals surface area contributed by atoms with E-state index in [1.54, 1.807) is 24.3 Å². The van der Waals surface area contributed by atoms with Crippen LogP contribution in [0.5, 0.6) is 0 Å². The number of carbonyl (C=O) groups is 1. The molecule has 1 N–H and O–H groups in total. The number of halogens is 1. The molecule has 1 aliphatic rings. The molecule has 0 aliphatic carbocycles. The summed E-state index contributed by atoms with van der Waals surface area (Å²) in [6.45, 7) is 0.0279. The Labute approximate surface area is 145 Å². The van der Waals surface area contributed by atoms with Crippen LogP contribution < -0.4 is 16.6 Å². The molecule has 7 nitrogen and oxygen atoms in total. The van der Waals surface area contributed by atoms with E-state index in [-0.39, 0.29) is 5.56 Å². The zero-order valence-corrected chi connectivity index (χ0v) is 14.2. The maximum absolute atomic E-state index is 12.4. The number of aromatic nitrogens is 2. The van der Waals surface area contributed by atoms with Gasteiger partial charge in [-0.3, -0.25) is 14.2 Å². The minimum absolute atomic E-state index is 0.0523. The highest BCUT2D eigenvalue weighted by atomic mass is 79.9. The topological polar surface area (TPSA) is 96.9 Å². The summed E-state index contributed by atoms with van der Waals surface area (Å²) in [5.74, 6) is -0.501. The average Bonchev–Trinajstić information content (AvgIpc) is 3.04. The molecule has 1 aromatic carbocycles. The lowest BCUT2D eigenvalue weighted by molar-refractivity contribution is -0.116. The molecular formula is C16H13BrN4O3. The SMILES string of the molecule is N#Cc1c2n(c(=O)n(CC(=O)Nc3ccc(Br)cc3)c1=O)CCC2. The molecule has 1 aromatic heterocycles. The first-order valence-electron chi connectivity index (χ1n) is 7.33. The number of amides is 1. The molecule has 2 aromatic rings. The molecule has 2 heterocycles. The van der Waals surface area contributed by atoms with Crippen molar-refractivity contribution in [1.29, 1.82) is 5.26 Å². The van der Waals surface area contributed by atoms with Gasteiger partial charge >= 0.3 is 5.69 Å². The molecule has 0 saturated heterocycles. The molecule has 122 valence electrons. The zero-order valence-electron chi connectivity index (χ0n) is 12.6. The Bertz CT molecular complexity index is 967. The molecule has 0 fully saturated rings. The lowest BCUT2D eigenvalue weighted by atomic mass is 10.2. The van der Waals surface area contributed by atoms with Crippen LogP contribution in [-0.2, 0) is 24.3 Å². The van der Waals surface area contributed by atoms with E-state index in [1.807, 2.05) is 6.07 Å². The summed E-state index contributed by atoms with van der Waals surface area (Å²) in [6.07, 6.45) is 1.23. The van der Waals surface area contributed by atoms with Crippen LogP contribution in [0.4, 0.5) is 5.69 Å². The van der Waals surface area contributed by atoms with Crippen LogP contribution in [0.3, 0.4) is 0 Å².